The van der Waals surface area contributed by atoms with Crippen molar-refractivity contribution in [1.29, 1.82) is 0 Å². The highest BCUT2D eigenvalue weighted by Crippen LogP contribution is 2.24. The van der Waals surface area contributed by atoms with E-state index < -0.39 is 0 Å². The van der Waals surface area contributed by atoms with Gasteiger partial charge in [-0.15, -0.1) is 0 Å². The maximum atomic E-state index is 12.4. The molecule has 0 heterocycles. The Morgan fingerprint density at radius 3 is 2.61 bits per heavy atom. The minimum atomic E-state index is -0.376. The third-order valence-electron chi connectivity index (χ3n) is 3.13. The second-order valence-corrected chi connectivity index (χ2v) is 5.42. The molecule has 1 rings (SSSR count). The van der Waals surface area contributed by atoms with Crippen LogP contribution in [0.15, 0.2) is 18.2 Å². The predicted molar refractivity (Wildman–Crippen MR) is 74.2 cm³/mol. The van der Waals surface area contributed by atoms with Gasteiger partial charge in [0.05, 0.1) is 22.7 Å². The number of likely N-dealkylation sites (N-methyl/N-ethyl adjacent to an activating group) is 1. The lowest BCUT2D eigenvalue weighted by molar-refractivity contribution is 0.0366. The number of hydrogen-bond donors (Lipinski definition) is 0. The molecule has 0 fully saturated rings. The molecule has 3 nitrogen and oxygen atoms in total. The van der Waals surface area contributed by atoms with E-state index in [1.54, 1.807) is 25.1 Å². The molecule has 0 saturated heterocycles. The normalized spacial score (nSPS) is 11.4. The number of hydrogen-bond acceptors (Lipinski definition) is 2. The van der Waals surface area contributed by atoms with Gasteiger partial charge in [0.1, 0.15) is 0 Å². The minimum Gasteiger partial charge on any atom is -0.382 e. The quantitative estimate of drug-likeness (QED) is 0.840. The lowest BCUT2D eigenvalue weighted by Gasteiger charge is -2.35. The number of carbonyl (C=O) groups excluding carboxylic acids is 1. The number of carbonyl (C=O) groups is 1. The Balaban J connectivity index is 3.04. The van der Waals surface area contributed by atoms with Crippen LogP contribution in [0.4, 0.5) is 0 Å². The Hall–Kier alpha value is -1.06. The second-order valence-electron chi connectivity index (χ2n) is 5.05. The number of methoxy groups -OCH3 is 1. The summed E-state index contributed by atoms with van der Waals surface area (Å²) in [7, 11) is 3.39. The molecule has 1 aromatic carbocycles. The lowest BCUT2D eigenvalue weighted by atomic mass is 10.0. The topological polar surface area (TPSA) is 29.5 Å². The molecule has 1 amide bonds. The van der Waals surface area contributed by atoms with E-state index in [9.17, 15) is 4.79 Å². The number of aryl methyl sites for hydroxylation is 1. The van der Waals surface area contributed by atoms with Crippen molar-refractivity contribution in [3.8, 4) is 0 Å². The van der Waals surface area contributed by atoms with Crippen LogP contribution in [-0.4, -0.2) is 37.1 Å². The summed E-state index contributed by atoms with van der Waals surface area (Å²) < 4.78 is 5.14. The molecule has 0 saturated carbocycles. The van der Waals surface area contributed by atoms with E-state index in [2.05, 4.69) is 0 Å². The van der Waals surface area contributed by atoms with Crippen LogP contribution in [0.1, 0.15) is 29.8 Å². The van der Waals surface area contributed by atoms with E-state index in [4.69, 9.17) is 16.3 Å². The van der Waals surface area contributed by atoms with Crippen molar-refractivity contribution in [1.82, 2.24) is 4.90 Å². The highest BCUT2D eigenvalue weighted by Gasteiger charge is 2.29. The number of benzene rings is 1. The van der Waals surface area contributed by atoms with E-state index in [0.717, 1.165) is 5.56 Å². The van der Waals surface area contributed by atoms with E-state index >= 15 is 0 Å². The van der Waals surface area contributed by atoms with E-state index in [0.29, 0.717) is 17.2 Å². The molecule has 0 spiro atoms. The average molecular weight is 270 g/mol. The van der Waals surface area contributed by atoms with Crippen molar-refractivity contribution in [2.75, 3.05) is 20.8 Å². The lowest BCUT2D eigenvalue weighted by Crippen LogP contribution is -2.48. The Kier molecular flexibility index (Phi) is 4.77. The Labute approximate surface area is 114 Å². The number of rotatable bonds is 4. The van der Waals surface area contributed by atoms with Gasteiger partial charge in [-0.2, -0.15) is 0 Å². The first-order chi connectivity index (χ1) is 8.31. The summed E-state index contributed by atoms with van der Waals surface area (Å²) in [6.07, 6.45) is 0. The summed E-state index contributed by atoms with van der Waals surface area (Å²) >= 11 is 6.18. The SMILES string of the molecule is COCC(C)(C)N(C)C(=O)c1cccc(C)c1Cl. The Morgan fingerprint density at radius 2 is 2.06 bits per heavy atom. The zero-order valence-electron chi connectivity index (χ0n) is 11.6. The van der Waals surface area contributed by atoms with Gasteiger partial charge in [0, 0.05) is 14.2 Å². The van der Waals surface area contributed by atoms with Crippen molar-refractivity contribution in [3.05, 3.63) is 34.3 Å². The summed E-state index contributed by atoms with van der Waals surface area (Å²) in [6.45, 7) is 6.27. The van der Waals surface area contributed by atoms with E-state index in [-0.39, 0.29) is 11.4 Å². The standard InChI is InChI=1S/C14H20ClNO2/c1-10-7-6-8-11(12(10)15)13(17)16(4)14(2,3)9-18-5/h6-8H,9H2,1-5H3. The molecule has 1 aromatic rings. The number of nitrogens with zero attached hydrogens (tertiary/aromatic N) is 1. The fraction of sp³-hybridized carbons (Fsp3) is 0.500. The van der Waals surface area contributed by atoms with Crippen LogP contribution in [0.25, 0.3) is 0 Å². The molecule has 0 aliphatic carbocycles. The van der Waals surface area contributed by atoms with Gasteiger partial charge >= 0.3 is 0 Å². The molecule has 4 heteroatoms. The molecule has 0 unspecified atom stereocenters. The molecule has 0 aromatic heterocycles. The highest BCUT2D eigenvalue weighted by molar-refractivity contribution is 6.34. The maximum Gasteiger partial charge on any atom is 0.255 e. The molecule has 18 heavy (non-hydrogen) atoms. The van der Waals surface area contributed by atoms with Crippen LogP contribution in [-0.2, 0) is 4.74 Å². The first kappa shape index (κ1) is 15.0. The molecule has 0 aliphatic heterocycles. The first-order valence-corrected chi connectivity index (χ1v) is 6.21. The summed E-state index contributed by atoms with van der Waals surface area (Å²) in [5.74, 6) is -0.0919. The van der Waals surface area contributed by atoms with Gasteiger partial charge in [-0.25, -0.2) is 0 Å². The van der Waals surface area contributed by atoms with Crippen molar-refractivity contribution in [2.45, 2.75) is 26.3 Å². The zero-order valence-corrected chi connectivity index (χ0v) is 12.3. The fourth-order valence-electron chi connectivity index (χ4n) is 1.72. The maximum absolute atomic E-state index is 12.4. The van der Waals surface area contributed by atoms with Crippen molar-refractivity contribution >= 4 is 17.5 Å². The van der Waals surface area contributed by atoms with Crippen LogP contribution in [0.3, 0.4) is 0 Å². The van der Waals surface area contributed by atoms with Crippen molar-refractivity contribution in [3.63, 3.8) is 0 Å². The number of amides is 1. The van der Waals surface area contributed by atoms with Gasteiger partial charge in [0.25, 0.3) is 5.91 Å². The molecule has 0 bridgehead atoms. The van der Waals surface area contributed by atoms with Crippen molar-refractivity contribution in [2.24, 2.45) is 0 Å². The van der Waals surface area contributed by atoms with Crippen LogP contribution in [0, 0.1) is 6.92 Å². The zero-order chi connectivity index (χ0) is 13.9. The summed E-state index contributed by atoms with van der Waals surface area (Å²) in [5.41, 5.74) is 1.06. The van der Waals surface area contributed by atoms with Crippen LogP contribution < -0.4 is 0 Å². The van der Waals surface area contributed by atoms with Gasteiger partial charge < -0.3 is 9.64 Å². The average Bonchev–Trinajstić information content (AvgIpc) is 2.31. The number of halogens is 1. The monoisotopic (exact) mass is 269 g/mol. The minimum absolute atomic E-state index is 0.0919. The Morgan fingerprint density at radius 1 is 1.44 bits per heavy atom. The third-order valence-corrected chi connectivity index (χ3v) is 3.63. The molecular weight excluding hydrogens is 250 g/mol. The van der Waals surface area contributed by atoms with Gasteiger partial charge in [0.15, 0.2) is 0 Å². The smallest absolute Gasteiger partial charge is 0.255 e. The molecule has 0 atom stereocenters. The molecule has 100 valence electrons. The largest absolute Gasteiger partial charge is 0.382 e. The van der Waals surface area contributed by atoms with E-state index in [1.807, 2.05) is 32.9 Å². The van der Waals surface area contributed by atoms with Gasteiger partial charge in [-0.1, -0.05) is 23.7 Å². The van der Waals surface area contributed by atoms with Crippen LogP contribution in [0.2, 0.25) is 5.02 Å². The fourth-order valence-corrected chi connectivity index (χ4v) is 1.93. The Bertz CT molecular complexity index is 443. The molecular formula is C14H20ClNO2. The summed E-state index contributed by atoms with van der Waals surface area (Å²) in [5, 5.41) is 0.516. The highest BCUT2D eigenvalue weighted by atomic mass is 35.5. The predicted octanol–water partition coefficient (Wildman–Crippen LogP) is 3.15. The first-order valence-electron chi connectivity index (χ1n) is 5.83. The van der Waals surface area contributed by atoms with Gasteiger partial charge in [-0.05, 0) is 32.4 Å². The second kappa shape index (κ2) is 5.72. The third kappa shape index (κ3) is 3.03. The molecule has 0 aliphatic rings. The van der Waals surface area contributed by atoms with Gasteiger partial charge in [-0.3, -0.25) is 4.79 Å². The van der Waals surface area contributed by atoms with Crippen LogP contribution >= 0.6 is 11.6 Å². The summed E-state index contributed by atoms with van der Waals surface area (Å²) in [4.78, 5) is 14.1. The van der Waals surface area contributed by atoms with Gasteiger partial charge in [0.2, 0.25) is 0 Å². The summed E-state index contributed by atoms with van der Waals surface area (Å²) in [6, 6.07) is 5.47. The molecule has 0 N–H and O–H groups in total. The van der Waals surface area contributed by atoms with E-state index in [1.165, 1.54) is 0 Å². The van der Waals surface area contributed by atoms with Crippen LogP contribution in [0.5, 0.6) is 0 Å². The van der Waals surface area contributed by atoms with Crippen molar-refractivity contribution < 1.29 is 9.53 Å². The number of ether oxygens (including phenoxy) is 1. The molecule has 0 radical (unpaired) electrons.